The first-order chi connectivity index (χ1) is 9.91. The summed E-state index contributed by atoms with van der Waals surface area (Å²) in [6.07, 6.45) is -4.67. The Balaban J connectivity index is 2.25. The number of phenols is 1. The van der Waals surface area contributed by atoms with Crippen molar-refractivity contribution in [3.05, 3.63) is 29.7 Å². The summed E-state index contributed by atoms with van der Waals surface area (Å²) >= 11 is 1.25. The zero-order valence-electron chi connectivity index (χ0n) is 10.4. The van der Waals surface area contributed by atoms with Crippen molar-refractivity contribution >= 4 is 11.8 Å². The monoisotopic (exact) mass is 315 g/mol. The number of thioether (sulfide) groups is 1. The molecule has 1 N–H and O–H groups in total. The second-order valence-electron chi connectivity index (χ2n) is 3.89. The molecule has 5 nitrogen and oxygen atoms in total. The van der Waals surface area contributed by atoms with Crippen LogP contribution in [0.1, 0.15) is 11.5 Å². The van der Waals surface area contributed by atoms with E-state index in [9.17, 15) is 18.3 Å². The molecule has 2 rings (SSSR count). The third kappa shape index (κ3) is 3.66. The van der Waals surface area contributed by atoms with Crippen LogP contribution in [0.5, 0.6) is 5.75 Å². The van der Waals surface area contributed by atoms with Crippen LogP contribution in [0.25, 0.3) is 11.4 Å². The minimum absolute atomic E-state index is 0.00643. The van der Waals surface area contributed by atoms with Crippen molar-refractivity contribution in [1.82, 2.24) is 10.1 Å². The molecule has 9 heteroatoms. The number of nitrogens with zero attached hydrogens (tertiary/aromatic N) is 3. The lowest BCUT2D eigenvalue weighted by atomic mass is 10.1. The highest BCUT2D eigenvalue weighted by molar-refractivity contribution is 7.98. The molecule has 0 amide bonds. The van der Waals surface area contributed by atoms with Gasteiger partial charge in [-0.15, -0.1) is 11.8 Å². The fourth-order valence-corrected chi connectivity index (χ4v) is 2.00. The number of nitriles is 1. The van der Waals surface area contributed by atoms with E-state index in [0.717, 1.165) is 12.1 Å². The van der Waals surface area contributed by atoms with Gasteiger partial charge in [0.05, 0.1) is 23.1 Å². The van der Waals surface area contributed by atoms with Crippen molar-refractivity contribution < 1.29 is 22.8 Å². The molecule has 0 aliphatic heterocycles. The Morgan fingerprint density at radius 1 is 1.38 bits per heavy atom. The average molecular weight is 315 g/mol. The maximum atomic E-state index is 12.7. The van der Waals surface area contributed by atoms with Crippen LogP contribution in [-0.4, -0.2) is 21.0 Å². The second kappa shape index (κ2) is 6.05. The van der Waals surface area contributed by atoms with Gasteiger partial charge in [-0.25, -0.2) is 0 Å². The standard InChI is InChI=1S/C12H8F3N3O2S/c13-12(14,15)8-5-7(1-2-9(8)19)11-17-10(20-18-11)6-21-4-3-16/h1-2,5,19H,4,6H2. The first kappa shape index (κ1) is 15.2. The third-order valence-electron chi connectivity index (χ3n) is 2.42. The van der Waals surface area contributed by atoms with Crippen LogP contribution < -0.4 is 0 Å². The van der Waals surface area contributed by atoms with Crippen LogP contribution >= 0.6 is 11.8 Å². The van der Waals surface area contributed by atoms with Crippen LogP contribution in [-0.2, 0) is 11.9 Å². The summed E-state index contributed by atoms with van der Waals surface area (Å²) in [4.78, 5) is 3.95. The summed E-state index contributed by atoms with van der Waals surface area (Å²) in [6.45, 7) is 0. The Morgan fingerprint density at radius 3 is 2.81 bits per heavy atom. The van der Waals surface area contributed by atoms with E-state index in [1.54, 1.807) is 0 Å². The number of benzene rings is 1. The zero-order valence-corrected chi connectivity index (χ0v) is 11.2. The quantitative estimate of drug-likeness (QED) is 0.872. The Hall–Kier alpha value is -2.21. The summed E-state index contributed by atoms with van der Waals surface area (Å²) < 4.78 is 43.0. The third-order valence-corrected chi connectivity index (χ3v) is 3.20. The van der Waals surface area contributed by atoms with Gasteiger partial charge in [-0.2, -0.15) is 23.4 Å². The predicted molar refractivity (Wildman–Crippen MR) is 68.2 cm³/mol. The average Bonchev–Trinajstić information content (AvgIpc) is 2.87. The molecule has 0 atom stereocenters. The maximum absolute atomic E-state index is 12.7. The molecule has 0 saturated heterocycles. The van der Waals surface area contributed by atoms with Gasteiger partial charge in [0.1, 0.15) is 5.75 Å². The highest BCUT2D eigenvalue weighted by Gasteiger charge is 2.34. The van der Waals surface area contributed by atoms with Crippen molar-refractivity contribution in [3.8, 4) is 23.2 Å². The predicted octanol–water partition coefficient (Wildman–Crippen LogP) is 3.22. The highest BCUT2D eigenvalue weighted by atomic mass is 32.2. The molecular weight excluding hydrogens is 307 g/mol. The summed E-state index contributed by atoms with van der Waals surface area (Å²) in [5, 5.41) is 21.2. The van der Waals surface area contributed by atoms with E-state index in [4.69, 9.17) is 9.78 Å². The van der Waals surface area contributed by atoms with E-state index in [0.29, 0.717) is 5.75 Å². The van der Waals surface area contributed by atoms with E-state index >= 15 is 0 Å². The number of phenolic OH excluding ortho intramolecular Hbond substituents is 1. The molecular formula is C12H8F3N3O2S. The lowest BCUT2D eigenvalue weighted by Gasteiger charge is -2.09. The van der Waals surface area contributed by atoms with E-state index < -0.39 is 17.5 Å². The van der Waals surface area contributed by atoms with E-state index in [2.05, 4.69) is 10.1 Å². The van der Waals surface area contributed by atoms with Crippen molar-refractivity contribution in [2.24, 2.45) is 0 Å². The maximum Gasteiger partial charge on any atom is 0.419 e. The molecule has 1 aromatic heterocycles. The summed E-state index contributed by atoms with van der Waals surface area (Å²) in [5.41, 5.74) is -1.08. The molecule has 2 aromatic rings. The molecule has 0 bridgehead atoms. The smallest absolute Gasteiger partial charge is 0.419 e. The molecule has 1 aromatic carbocycles. The van der Waals surface area contributed by atoms with Crippen LogP contribution in [0.15, 0.2) is 22.7 Å². The molecule has 0 fully saturated rings. The largest absolute Gasteiger partial charge is 0.507 e. The summed E-state index contributed by atoms with van der Waals surface area (Å²) in [5.74, 6) is -0.112. The Kier molecular flexibility index (Phi) is 4.37. The lowest BCUT2D eigenvalue weighted by Crippen LogP contribution is -2.05. The summed E-state index contributed by atoms with van der Waals surface area (Å²) in [6, 6.07) is 4.88. The Morgan fingerprint density at radius 2 is 2.14 bits per heavy atom. The van der Waals surface area contributed by atoms with Crippen LogP contribution in [0.3, 0.4) is 0 Å². The highest BCUT2D eigenvalue weighted by Crippen LogP contribution is 2.37. The van der Waals surface area contributed by atoms with Crippen molar-refractivity contribution in [2.45, 2.75) is 11.9 Å². The van der Waals surface area contributed by atoms with E-state index in [1.807, 2.05) is 6.07 Å². The van der Waals surface area contributed by atoms with Gasteiger partial charge in [0.2, 0.25) is 11.7 Å². The first-order valence-electron chi connectivity index (χ1n) is 5.59. The second-order valence-corrected chi connectivity index (χ2v) is 4.88. The molecule has 0 saturated carbocycles. The Bertz CT molecular complexity index is 679. The van der Waals surface area contributed by atoms with Gasteiger partial charge in [0, 0.05) is 5.56 Å². The molecule has 0 aliphatic carbocycles. The molecule has 1 heterocycles. The van der Waals surface area contributed by atoms with Crippen LogP contribution in [0.2, 0.25) is 0 Å². The first-order valence-corrected chi connectivity index (χ1v) is 6.75. The lowest BCUT2D eigenvalue weighted by molar-refractivity contribution is -0.138. The van der Waals surface area contributed by atoms with E-state index in [-0.39, 0.29) is 23.0 Å². The van der Waals surface area contributed by atoms with Gasteiger partial charge in [0.25, 0.3) is 0 Å². The normalized spacial score (nSPS) is 11.3. The number of aromatic nitrogens is 2. The van der Waals surface area contributed by atoms with Crippen molar-refractivity contribution in [3.63, 3.8) is 0 Å². The van der Waals surface area contributed by atoms with E-state index in [1.165, 1.54) is 17.8 Å². The Labute approximate surface area is 121 Å². The van der Waals surface area contributed by atoms with Gasteiger partial charge in [-0.05, 0) is 18.2 Å². The molecule has 0 radical (unpaired) electrons. The zero-order chi connectivity index (χ0) is 15.5. The van der Waals surface area contributed by atoms with Crippen molar-refractivity contribution in [2.75, 3.05) is 5.75 Å². The fourth-order valence-electron chi connectivity index (χ4n) is 1.52. The van der Waals surface area contributed by atoms with Crippen LogP contribution in [0.4, 0.5) is 13.2 Å². The molecule has 0 unspecified atom stereocenters. The minimum Gasteiger partial charge on any atom is -0.507 e. The molecule has 0 spiro atoms. The fraction of sp³-hybridized carbons (Fsp3) is 0.250. The van der Waals surface area contributed by atoms with Crippen LogP contribution in [0, 0.1) is 11.3 Å². The topological polar surface area (TPSA) is 82.9 Å². The van der Waals surface area contributed by atoms with Gasteiger partial charge < -0.3 is 9.63 Å². The van der Waals surface area contributed by atoms with Crippen molar-refractivity contribution in [1.29, 1.82) is 5.26 Å². The number of aromatic hydroxyl groups is 1. The number of hydrogen-bond donors (Lipinski definition) is 1. The number of hydrogen-bond acceptors (Lipinski definition) is 6. The van der Waals surface area contributed by atoms with Gasteiger partial charge in [-0.1, -0.05) is 5.16 Å². The van der Waals surface area contributed by atoms with Gasteiger partial charge >= 0.3 is 6.18 Å². The molecule has 0 aliphatic rings. The molecule has 21 heavy (non-hydrogen) atoms. The van der Waals surface area contributed by atoms with Gasteiger partial charge in [0.15, 0.2) is 0 Å². The minimum atomic E-state index is -4.67. The number of alkyl halides is 3. The van der Waals surface area contributed by atoms with Gasteiger partial charge in [-0.3, -0.25) is 0 Å². The molecule has 110 valence electrons. The number of rotatable bonds is 4. The summed E-state index contributed by atoms with van der Waals surface area (Å²) in [7, 11) is 0. The number of halogens is 3. The SMILES string of the molecule is N#CCSCc1nc(-c2ccc(O)c(C(F)(F)F)c2)no1.